The quantitative estimate of drug-likeness (QED) is 0.847. The molecule has 1 heterocycles. The Kier molecular flexibility index (Phi) is 5.58. The summed E-state index contributed by atoms with van der Waals surface area (Å²) in [4.78, 5) is 15.6. The maximum absolute atomic E-state index is 11.5. The van der Waals surface area contributed by atoms with Crippen LogP contribution in [0.5, 0.6) is 0 Å². The molecule has 0 spiro atoms. The molecule has 0 aliphatic carbocycles. The van der Waals surface area contributed by atoms with Gasteiger partial charge in [0, 0.05) is 23.4 Å². The summed E-state index contributed by atoms with van der Waals surface area (Å²) >= 11 is 3.36. The minimum Gasteiger partial charge on any atom is -0.468 e. The molecule has 0 aliphatic heterocycles. The van der Waals surface area contributed by atoms with Gasteiger partial charge in [-0.2, -0.15) is 0 Å². The molecule has 5 heteroatoms. The highest BCUT2D eigenvalue weighted by Gasteiger charge is 2.21. The summed E-state index contributed by atoms with van der Waals surface area (Å²) in [6.45, 7) is 4.55. The second-order valence-electron chi connectivity index (χ2n) is 4.14. The lowest BCUT2D eigenvalue weighted by atomic mass is 10.0. The van der Waals surface area contributed by atoms with Gasteiger partial charge in [-0.05, 0) is 33.5 Å². The molecule has 0 unspecified atom stereocenters. The van der Waals surface area contributed by atoms with Crippen LogP contribution in [-0.4, -0.2) is 24.1 Å². The maximum Gasteiger partial charge on any atom is 0.323 e. The number of hydrogen-bond acceptors (Lipinski definition) is 4. The molecule has 0 fully saturated rings. The number of methoxy groups -OCH3 is 1. The van der Waals surface area contributed by atoms with Crippen molar-refractivity contribution < 1.29 is 9.53 Å². The average Bonchev–Trinajstić information content (AvgIpc) is 2.28. The summed E-state index contributed by atoms with van der Waals surface area (Å²) in [7, 11) is 1.40. The molecule has 4 nitrogen and oxygen atoms in total. The van der Waals surface area contributed by atoms with Crippen molar-refractivity contribution in [2.24, 2.45) is 5.92 Å². The highest BCUT2D eigenvalue weighted by molar-refractivity contribution is 9.10. The minimum absolute atomic E-state index is 0.183. The van der Waals surface area contributed by atoms with E-state index in [-0.39, 0.29) is 17.9 Å². The SMILES string of the molecule is COC(=O)[C@@H](NCc1cncc(Br)c1)C(C)C. The molecule has 0 aliphatic rings. The molecule has 0 saturated carbocycles. The Morgan fingerprint density at radius 2 is 2.24 bits per heavy atom. The van der Waals surface area contributed by atoms with Crippen molar-refractivity contribution >= 4 is 21.9 Å². The zero-order chi connectivity index (χ0) is 12.8. The van der Waals surface area contributed by atoms with Crippen molar-refractivity contribution in [3.05, 3.63) is 28.5 Å². The van der Waals surface area contributed by atoms with Crippen LogP contribution in [-0.2, 0) is 16.1 Å². The van der Waals surface area contributed by atoms with Crippen molar-refractivity contribution in [3.8, 4) is 0 Å². The van der Waals surface area contributed by atoms with E-state index in [0.29, 0.717) is 6.54 Å². The van der Waals surface area contributed by atoms with Gasteiger partial charge in [-0.25, -0.2) is 0 Å². The lowest BCUT2D eigenvalue weighted by molar-refractivity contribution is -0.144. The third-order valence-electron chi connectivity index (χ3n) is 2.41. The smallest absolute Gasteiger partial charge is 0.323 e. The Balaban J connectivity index is 2.61. The van der Waals surface area contributed by atoms with Crippen LogP contribution in [0.25, 0.3) is 0 Å². The highest BCUT2D eigenvalue weighted by Crippen LogP contribution is 2.10. The van der Waals surface area contributed by atoms with Crippen LogP contribution >= 0.6 is 15.9 Å². The molecule has 1 aromatic rings. The third kappa shape index (κ3) is 4.44. The van der Waals surface area contributed by atoms with Gasteiger partial charge in [0.05, 0.1) is 7.11 Å². The van der Waals surface area contributed by atoms with Crippen LogP contribution in [0.2, 0.25) is 0 Å². The van der Waals surface area contributed by atoms with E-state index in [9.17, 15) is 4.79 Å². The van der Waals surface area contributed by atoms with Crippen molar-refractivity contribution in [3.63, 3.8) is 0 Å². The first-order valence-electron chi connectivity index (χ1n) is 5.45. The summed E-state index contributed by atoms with van der Waals surface area (Å²) in [5, 5.41) is 3.18. The van der Waals surface area contributed by atoms with Crippen molar-refractivity contribution in [1.82, 2.24) is 10.3 Å². The largest absolute Gasteiger partial charge is 0.468 e. The number of halogens is 1. The summed E-state index contributed by atoms with van der Waals surface area (Å²) < 4.78 is 5.69. The standard InChI is InChI=1S/C12H17BrN2O2/c1-8(2)11(12(16)17-3)15-6-9-4-10(13)7-14-5-9/h4-5,7-8,11,15H,6H2,1-3H3/t11-/m0/s1. The van der Waals surface area contributed by atoms with Gasteiger partial charge >= 0.3 is 5.97 Å². The zero-order valence-corrected chi connectivity index (χ0v) is 11.8. The van der Waals surface area contributed by atoms with Crippen molar-refractivity contribution in [2.45, 2.75) is 26.4 Å². The normalized spacial score (nSPS) is 12.5. The molecular weight excluding hydrogens is 284 g/mol. The van der Waals surface area contributed by atoms with E-state index in [1.54, 1.807) is 12.4 Å². The maximum atomic E-state index is 11.5. The molecule has 1 atom stereocenters. The monoisotopic (exact) mass is 300 g/mol. The van der Waals surface area contributed by atoms with Gasteiger partial charge in [-0.1, -0.05) is 13.8 Å². The molecule has 0 radical (unpaired) electrons. The lowest BCUT2D eigenvalue weighted by Gasteiger charge is -2.19. The Bertz CT molecular complexity index is 383. The number of nitrogens with one attached hydrogen (secondary N) is 1. The lowest BCUT2D eigenvalue weighted by Crippen LogP contribution is -2.41. The van der Waals surface area contributed by atoms with E-state index in [1.807, 2.05) is 19.9 Å². The van der Waals surface area contributed by atoms with E-state index in [0.717, 1.165) is 10.0 Å². The average molecular weight is 301 g/mol. The van der Waals surface area contributed by atoms with Gasteiger partial charge in [0.2, 0.25) is 0 Å². The minimum atomic E-state index is -0.293. The summed E-state index contributed by atoms with van der Waals surface area (Å²) in [6, 6.07) is 1.67. The number of carbonyl (C=O) groups excluding carboxylic acids is 1. The van der Waals surface area contributed by atoms with E-state index in [1.165, 1.54) is 7.11 Å². The van der Waals surface area contributed by atoms with Crippen LogP contribution < -0.4 is 5.32 Å². The van der Waals surface area contributed by atoms with Gasteiger partial charge in [0.25, 0.3) is 0 Å². The summed E-state index contributed by atoms with van der Waals surface area (Å²) in [5.74, 6) is -0.0504. The molecule has 0 bridgehead atoms. The molecule has 1 aromatic heterocycles. The first-order valence-corrected chi connectivity index (χ1v) is 6.24. The van der Waals surface area contributed by atoms with E-state index in [4.69, 9.17) is 4.74 Å². The Morgan fingerprint density at radius 3 is 2.76 bits per heavy atom. The number of aromatic nitrogens is 1. The number of hydrogen-bond donors (Lipinski definition) is 1. The van der Waals surface area contributed by atoms with Crippen LogP contribution in [0.1, 0.15) is 19.4 Å². The molecule has 0 aromatic carbocycles. The zero-order valence-electron chi connectivity index (χ0n) is 10.2. The number of carbonyl (C=O) groups is 1. The van der Waals surface area contributed by atoms with E-state index >= 15 is 0 Å². The number of esters is 1. The van der Waals surface area contributed by atoms with E-state index < -0.39 is 0 Å². The highest BCUT2D eigenvalue weighted by atomic mass is 79.9. The van der Waals surface area contributed by atoms with Gasteiger partial charge in [-0.15, -0.1) is 0 Å². The summed E-state index contributed by atoms with van der Waals surface area (Å²) in [6.07, 6.45) is 3.50. The van der Waals surface area contributed by atoms with Gasteiger partial charge in [-0.3, -0.25) is 9.78 Å². The Morgan fingerprint density at radius 1 is 1.53 bits per heavy atom. The second kappa shape index (κ2) is 6.71. The van der Waals surface area contributed by atoms with Gasteiger partial charge < -0.3 is 10.1 Å². The first kappa shape index (κ1) is 14.1. The Labute approximate surface area is 110 Å². The van der Waals surface area contributed by atoms with Crippen LogP contribution in [0.4, 0.5) is 0 Å². The third-order valence-corrected chi connectivity index (χ3v) is 2.84. The predicted molar refractivity (Wildman–Crippen MR) is 69.4 cm³/mol. The van der Waals surface area contributed by atoms with Crippen molar-refractivity contribution in [1.29, 1.82) is 0 Å². The molecule has 1 rings (SSSR count). The number of ether oxygens (including phenoxy) is 1. The molecular formula is C12H17BrN2O2. The fourth-order valence-electron chi connectivity index (χ4n) is 1.50. The topological polar surface area (TPSA) is 51.2 Å². The Hall–Kier alpha value is -0.940. The molecule has 17 heavy (non-hydrogen) atoms. The predicted octanol–water partition coefficient (Wildman–Crippen LogP) is 2.13. The molecule has 0 amide bonds. The number of nitrogens with zero attached hydrogens (tertiary/aromatic N) is 1. The van der Waals surface area contributed by atoms with Crippen LogP contribution in [0.3, 0.4) is 0 Å². The van der Waals surface area contributed by atoms with Crippen LogP contribution in [0, 0.1) is 5.92 Å². The van der Waals surface area contributed by atoms with Crippen molar-refractivity contribution in [2.75, 3.05) is 7.11 Å². The molecule has 1 N–H and O–H groups in total. The fourth-order valence-corrected chi connectivity index (χ4v) is 1.91. The number of rotatable bonds is 5. The fraction of sp³-hybridized carbons (Fsp3) is 0.500. The van der Waals surface area contributed by atoms with Gasteiger partial charge in [0.15, 0.2) is 0 Å². The van der Waals surface area contributed by atoms with Gasteiger partial charge in [0.1, 0.15) is 6.04 Å². The summed E-state index contributed by atoms with van der Waals surface area (Å²) in [5.41, 5.74) is 1.02. The first-order chi connectivity index (χ1) is 8.04. The second-order valence-corrected chi connectivity index (χ2v) is 5.05. The van der Waals surface area contributed by atoms with Crippen LogP contribution in [0.15, 0.2) is 22.9 Å². The number of pyridine rings is 1. The molecule has 94 valence electrons. The van der Waals surface area contributed by atoms with E-state index in [2.05, 4.69) is 26.2 Å². The molecule has 0 saturated heterocycles.